The molecule has 1 atom stereocenters. The van der Waals surface area contributed by atoms with E-state index >= 15 is 0 Å². The minimum Gasteiger partial charge on any atom is -0.370 e. The molecule has 0 saturated carbocycles. The smallest absolute Gasteiger partial charge is 0.239 e. The number of hydrogen-bond acceptors (Lipinski definition) is 3. The summed E-state index contributed by atoms with van der Waals surface area (Å²) < 4.78 is 0. The number of hydrogen-bond donors (Lipinski definition) is 1. The van der Waals surface area contributed by atoms with Crippen LogP contribution in [-0.2, 0) is 9.59 Å². The van der Waals surface area contributed by atoms with Gasteiger partial charge in [-0.25, -0.2) is 0 Å². The summed E-state index contributed by atoms with van der Waals surface area (Å²) in [6.07, 6.45) is 3.47. The SMILES string of the molecule is CCCC(C#N)C(=O)N1CCC(CC(N)=O)CC1. The lowest BCUT2D eigenvalue weighted by Crippen LogP contribution is -2.42. The van der Waals surface area contributed by atoms with E-state index in [0.29, 0.717) is 31.8 Å². The van der Waals surface area contributed by atoms with Crippen LogP contribution in [0.3, 0.4) is 0 Å². The van der Waals surface area contributed by atoms with E-state index in [1.165, 1.54) is 0 Å². The number of amides is 2. The van der Waals surface area contributed by atoms with Gasteiger partial charge in [0.15, 0.2) is 0 Å². The maximum atomic E-state index is 12.1. The number of nitrogens with zero attached hydrogens (tertiary/aromatic N) is 2. The Labute approximate surface area is 108 Å². The number of rotatable bonds is 5. The number of carbonyl (C=O) groups excluding carboxylic acids is 2. The average molecular weight is 251 g/mol. The second kappa shape index (κ2) is 7.00. The van der Waals surface area contributed by atoms with Crippen LogP contribution >= 0.6 is 0 Å². The standard InChI is InChI=1S/C13H21N3O2/c1-2-3-11(9-14)13(18)16-6-4-10(5-7-16)8-12(15)17/h10-11H,2-8H2,1H3,(H2,15,17). The molecule has 2 amide bonds. The first kappa shape index (κ1) is 14.5. The molecule has 5 nitrogen and oxygen atoms in total. The third-order valence-corrected chi connectivity index (χ3v) is 3.45. The predicted molar refractivity (Wildman–Crippen MR) is 67.1 cm³/mol. The quantitative estimate of drug-likeness (QED) is 0.792. The fraction of sp³-hybridized carbons (Fsp3) is 0.769. The third-order valence-electron chi connectivity index (χ3n) is 3.45. The average Bonchev–Trinajstić information content (AvgIpc) is 2.35. The molecule has 0 aromatic carbocycles. The molecule has 1 unspecified atom stereocenters. The first-order valence-electron chi connectivity index (χ1n) is 6.55. The molecule has 0 aliphatic carbocycles. The molecule has 2 N–H and O–H groups in total. The van der Waals surface area contributed by atoms with Crippen LogP contribution < -0.4 is 5.73 Å². The van der Waals surface area contributed by atoms with Gasteiger partial charge in [-0.05, 0) is 25.2 Å². The highest BCUT2D eigenvalue weighted by Gasteiger charge is 2.28. The Morgan fingerprint density at radius 3 is 2.50 bits per heavy atom. The normalized spacial score (nSPS) is 18.1. The van der Waals surface area contributed by atoms with Crippen molar-refractivity contribution in [2.75, 3.05) is 13.1 Å². The van der Waals surface area contributed by atoms with Gasteiger partial charge in [-0.1, -0.05) is 13.3 Å². The molecule has 100 valence electrons. The highest BCUT2D eigenvalue weighted by Crippen LogP contribution is 2.22. The lowest BCUT2D eigenvalue weighted by Gasteiger charge is -2.32. The molecule has 1 fully saturated rings. The Balaban J connectivity index is 2.45. The maximum absolute atomic E-state index is 12.1. The molecule has 1 saturated heterocycles. The number of likely N-dealkylation sites (tertiary alicyclic amines) is 1. The van der Waals surface area contributed by atoms with Gasteiger partial charge < -0.3 is 10.6 Å². The van der Waals surface area contributed by atoms with E-state index in [0.717, 1.165) is 19.3 Å². The summed E-state index contributed by atoms with van der Waals surface area (Å²) in [5.74, 6) is -0.557. The highest BCUT2D eigenvalue weighted by atomic mass is 16.2. The van der Waals surface area contributed by atoms with Crippen molar-refractivity contribution in [3.63, 3.8) is 0 Å². The molecular formula is C13H21N3O2. The van der Waals surface area contributed by atoms with E-state index < -0.39 is 5.92 Å². The molecule has 1 aliphatic rings. The van der Waals surface area contributed by atoms with Crippen LogP contribution in [0.2, 0.25) is 0 Å². The zero-order chi connectivity index (χ0) is 13.5. The van der Waals surface area contributed by atoms with Crippen LogP contribution in [-0.4, -0.2) is 29.8 Å². The van der Waals surface area contributed by atoms with Crippen molar-refractivity contribution in [1.29, 1.82) is 5.26 Å². The summed E-state index contributed by atoms with van der Waals surface area (Å²) in [6, 6.07) is 2.08. The van der Waals surface area contributed by atoms with Gasteiger partial charge in [-0.2, -0.15) is 5.26 Å². The van der Waals surface area contributed by atoms with Gasteiger partial charge in [0.05, 0.1) is 6.07 Å². The second-order valence-electron chi connectivity index (χ2n) is 4.91. The van der Waals surface area contributed by atoms with Crippen LogP contribution in [0.25, 0.3) is 0 Å². The summed E-state index contributed by atoms with van der Waals surface area (Å²) in [5.41, 5.74) is 5.16. The summed E-state index contributed by atoms with van der Waals surface area (Å²) in [7, 11) is 0. The zero-order valence-corrected chi connectivity index (χ0v) is 10.9. The Kier molecular flexibility index (Phi) is 5.63. The number of carbonyl (C=O) groups is 2. The first-order valence-corrected chi connectivity index (χ1v) is 6.55. The van der Waals surface area contributed by atoms with Gasteiger partial charge in [0, 0.05) is 19.5 Å². The Morgan fingerprint density at radius 2 is 2.06 bits per heavy atom. The van der Waals surface area contributed by atoms with E-state index in [1.54, 1.807) is 4.90 Å². The summed E-state index contributed by atoms with van der Waals surface area (Å²) >= 11 is 0. The van der Waals surface area contributed by atoms with Gasteiger partial charge in [0.2, 0.25) is 11.8 Å². The van der Waals surface area contributed by atoms with Gasteiger partial charge in [0.25, 0.3) is 0 Å². The van der Waals surface area contributed by atoms with Crippen molar-refractivity contribution < 1.29 is 9.59 Å². The van der Waals surface area contributed by atoms with E-state index in [2.05, 4.69) is 6.07 Å². The topological polar surface area (TPSA) is 87.2 Å². The summed E-state index contributed by atoms with van der Waals surface area (Å²) in [5, 5.41) is 8.97. The summed E-state index contributed by atoms with van der Waals surface area (Å²) in [6.45, 7) is 3.24. The first-order chi connectivity index (χ1) is 8.58. The van der Waals surface area contributed by atoms with Crippen LogP contribution in [0.4, 0.5) is 0 Å². The minimum atomic E-state index is -0.511. The zero-order valence-electron chi connectivity index (χ0n) is 10.9. The highest BCUT2D eigenvalue weighted by molar-refractivity contribution is 5.81. The van der Waals surface area contributed by atoms with Crippen LogP contribution in [0.1, 0.15) is 39.0 Å². The molecule has 0 bridgehead atoms. The lowest BCUT2D eigenvalue weighted by molar-refractivity contribution is -0.135. The van der Waals surface area contributed by atoms with Crippen LogP contribution in [0, 0.1) is 23.2 Å². The maximum Gasteiger partial charge on any atom is 0.239 e. The van der Waals surface area contributed by atoms with Gasteiger partial charge in [-0.15, -0.1) is 0 Å². The molecule has 0 radical (unpaired) electrons. The van der Waals surface area contributed by atoms with Gasteiger partial charge >= 0.3 is 0 Å². The molecular weight excluding hydrogens is 230 g/mol. The van der Waals surface area contributed by atoms with Crippen molar-refractivity contribution in [1.82, 2.24) is 4.90 Å². The fourth-order valence-electron chi connectivity index (χ4n) is 2.39. The Morgan fingerprint density at radius 1 is 1.44 bits per heavy atom. The number of nitrogens with two attached hydrogens (primary N) is 1. The minimum absolute atomic E-state index is 0.0584. The lowest BCUT2D eigenvalue weighted by atomic mass is 9.92. The molecule has 1 heterocycles. The molecule has 0 aromatic heterocycles. The number of nitriles is 1. The predicted octanol–water partition coefficient (Wildman–Crippen LogP) is 1.04. The van der Waals surface area contributed by atoms with Crippen molar-refractivity contribution in [2.24, 2.45) is 17.6 Å². The Bertz CT molecular complexity index is 341. The monoisotopic (exact) mass is 251 g/mol. The molecule has 1 aliphatic heterocycles. The van der Waals surface area contributed by atoms with Crippen molar-refractivity contribution in [3.8, 4) is 6.07 Å². The van der Waals surface area contributed by atoms with E-state index in [4.69, 9.17) is 11.0 Å². The van der Waals surface area contributed by atoms with Crippen molar-refractivity contribution in [3.05, 3.63) is 0 Å². The fourth-order valence-corrected chi connectivity index (χ4v) is 2.39. The summed E-state index contributed by atoms with van der Waals surface area (Å²) in [4.78, 5) is 24.6. The van der Waals surface area contributed by atoms with Crippen molar-refractivity contribution >= 4 is 11.8 Å². The molecule has 5 heteroatoms. The van der Waals surface area contributed by atoms with Crippen molar-refractivity contribution in [2.45, 2.75) is 39.0 Å². The molecule has 0 spiro atoms. The molecule has 18 heavy (non-hydrogen) atoms. The largest absolute Gasteiger partial charge is 0.370 e. The van der Waals surface area contributed by atoms with Gasteiger partial charge in [0.1, 0.15) is 5.92 Å². The third kappa shape index (κ3) is 4.02. The van der Waals surface area contributed by atoms with Gasteiger partial charge in [-0.3, -0.25) is 9.59 Å². The van der Waals surface area contributed by atoms with E-state index in [9.17, 15) is 9.59 Å². The Hall–Kier alpha value is -1.57. The number of primary amides is 1. The molecule has 1 rings (SSSR count). The second-order valence-corrected chi connectivity index (χ2v) is 4.91. The van der Waals surface area contributed by atoms with E-state index in [-0.39, 0.29) is 11.8 Å². The van der Waals surface area contributed by atoms with E-state index in [1.807, 2.05) is 6.92 Å². The van der Waals surface area contributed by atoms with Crippen LogP contribution in [0.5, 0.6) is 0 Å². The van der Waals surface area contributed by atoms with Crippen LogP contribution in [0.15, 0.2) is 0 Å². The molecule has 0 aromatic rings. The number of piperidine rings is 1.